The predicted octanol–water partition coefficient (Wildman–Crippen LogP) is -0.0433. The van der Waals surface area contributed by atoms with E-state index >= 15 is 0 Å². The van der Waals surface area contributed by atoms with Crippen molar-refractivity contribution in [2.75, 3.05) is 13.2 Å². The van der Waals surface area contributed by atoms with Crippen molar-refractivity contribution in [3.8, 4) is 0 Å². The molecule has 0 saturated carbocycles. The van der Waals surface area contributed by atoms with Crippen LogP contribution < -0.4 is 11.1 Å². The molecular formula is C8H13ClN2O. The van der Waals surface area contributed by atoms with Crippen molar-refractivity contribution < 1.29 is 5.11 Å². The van der Waals surface area contributed by atoms with E-state index in [1.807, 2.05) is 18.2 Å². The molecule has 68 valence electrons. The highest BCUT2D eigenvalue weighted by molar-refractivity contribution is 6.25. The van der Waals surface area contributed by atoms with E-state index in [-0.39, 0.29) is 12.6 Å². The fraction of sp³-hybridized carbons (Fsp3) is 0.500. The van der Waals surface area contributed by atoms with E-state index in [0.29, 0.717) is 6.54 Å². The maximum Gasteiger partial charge on any atom is 0.131 e. The van der Waals surface area contributed by atoms with E-state index in [4.69, 9.17) is 22.4 Å². The van der Waals surface area contributed by atoms with Crippen molar-refractivity contribution in [1.29, 1.82) is 0 Å². The topological polar surface area (TPSA) is 58.3 Å². The molecule has 0 saturated heterocycles. The Labute approximate surface area is 76.9 Å². The van der Waals surface area contributed by atoms with Crippen LogP contribution in [0.1, 0.15) is 0 Å². The molecule has 0 aliphatic heterocycles. The molecule has 0 bridgehead atoms. The Morgan fingerprint density at radius 1 is 1.58 bits per heavy atom. The highest BCUT2D eigenvalue weighted by atomic mass is 35.5. The molecule has 1 aliphatic rings. The predicted molar refractivity (Wildman–Crippen MR) is 49.9 cm³/mol. The molecule has 0 spiro atoms. The first-order valence-electron chi connectivity index (χ1n) is 3.85. The minimum Gasteiger partial charge on any atom is -0.395 e. The summed E-state index contributed by atoms with van der Waals surface area (Å²) in [5, 5.41) is 11.5. The van der Waals surface area contributed by atoms with Gasteiger partial charge in [0.1, 0.15) is 5.00 Å². The third-order valence-corrected chi connectivity index (χ3v) is 2.27. The Morgan fingerprint density at radius 3 is 2.92 bits per heavy atom. The van der Waals surface area contributed by atoms with Crippen LogP contribution in [0.25, 0.3) is 0 Å². The molecule has 1 aliphatic carbocycles. The van der Waals surface area contributed by atoms with Crippen LogP contribution in [0, 0.1) is 0 Å². The van der Waals surface area contributed by atoms with Gasteiger partial charge in [-0.2, -0.15) is 0 Å². The van der Waals surface area contributed by atoms with Crippen LogP contribution >= 0.6 is 11.6 Å². The molecule has 1 rings (SSSR count). The number of nitrogens with two attached hydrogens (primary N) is 1. The van der Waals surface area contributed by atoms with Crippen LogP contribution in [-0.4, -0.2) is 29.3 Å². The summed E-state index contributed by atoms with van der Waals surface area (Å²) < 4.78 is 0. The van der Waals surface area contributed by atoms with E-state index < -0.39 is 5.00 Å². The molecule has 0 aromatic carbocycles. The van der Waals surface area contributed by atoms with Crippen LogP contribution in [-0.2, 0) is 0 Å². The fourth-order valence-corrected chi connectivity index (χ4v) is 1.29. The molecule has 0 radical (unpaired) electrons. The molecule has 3 nitrogen and oxygen atoms in total. The van der Waals surface area contributed by atoms with Crippen molar-refractivity contribution in [3.63, 3.8) is 0 Å². The molecule has 0 aromatic rings. The smallest absolute Gasteiger partial charge is 0.131 e. The van der Waals surface area contributed by atoms with Gasteiger partial charge in [-0.25, -0.2) is 0 Å². The molecule has 4 heteroatoms. The Bertz CT molecular complexity index is 205. The summed E-state index contributed by atoms with van der Waals surface area (Å²) in [6, 6.07) is -0.254. The lowest BCUT2D eigenvalue weighted by Crippen LogP contribution is -2.53. The second-order valence-electron chi connectivity index (χ2n) is 2.69. The fourth-order valence-electron chi connectivity index (χ4n) is 1.05. The summed E-state index contributed by atoms with van der Waals surface area (Å²) in [5.74, 6) is 0. The Balaban J connectivity index is 2.57. The number of hydrogen-bond donors (Lipinski definition) is 3. The van der Waals surface area contributed by atoms with E-state index in [1.165, 1.54) is 0 Å². The quantitative estimate of drug-likeness (QED) is 0.430. The van der Waals surface area contributed by atoms with Gasteiger partial charge in [-0.05, 0) is 6.08 Å². The lowest BCUT2D eigenvalue weighted by atomic mass is 10.0. The zero-order valence-electron chi connectivity index (χ0n) is 6.70. The molecule has 2 atom stereocenters. The molecule has 2 unspecified atom stereocenters. The zero-order valence-corrected chi connectivity index (χ0v) is 7.46. The SMILES string of the molecule is NC1C=CC=CC1(Cl)NCCO. The van der Waals surface area contributed by atoms with Crippen molar-refractivity contribution in [2.24, 2.45) is 5.73 Å². The van der Waals surface area contributed by atoms with Gasteiger partial charge >= 0.3 is 0 Å². The number of aliphatic hydroxyl groups excluding tert-OH is 1. The first-order valence-corrected chi connectivity index (χ1v) is 4.23. The highest BCUT2D eigenvalue weighted by Crippen LogP contribution is 2.20. The van der Waals surface area contributed by atoms with Crippen LogP contribution in [0.3, 0.4) is 0 Å². The minimum absolute atomic E-state index is 0.0543. The van der Waals surface area contributed by atoms with Crippen molar-refractivity contribution in [3.05, 3.63) is 24.3 Å². The number of rotatable bonds is 3. The lowest BCUT2D eigenvalue weighted by molar-refractivity contribution is 0.282. The van der Waals surface area contributed by atoms with Gasteiger partial charge < -0.3 is 10.8 Å². The van der Waals surface area contributed by atoms with Crippen LogP contribution in [0.4, 0.5) is 0 Å². The first-order chi connectivity index (χ1) is 5.69. The van der Waals surface area contributed by atoms with E-state index in [9.17, 15) is 0 Å². The number of nitrogens with one attached hydrogen (secondary N) is 1. The van der Waals surface area contributed by atoms with E-state index in [0.717, 1.165) is 0 Å². The zero-order chi connectivity index (χ0) is 9.03. The van der Waals surface area contributed by atoms with Crippen LogP contribution in [0.2, 0.25) is 0 Å². The Kier molecular flexibility index (Phi) is 3.29. The number of alkyl halides is 1. The van der Waals surface area contributed by atoms with Gasteiger partial charge in [-0.15, -0.1) is 0 Å². The van der Waals surface area contributed by atoms with Crippen LogP contribution in [0.15, 0.2) is 24.3 Å². The van der Waals surface area contributed by atoms with Crippen molar-refractivity contribution >= 4 is 11.6 Å². The molecular weight excluding hydrogens is 176 g/mol. The standard InChI is InChI=1S/C8H13ClN2O/c9-8(11-5-6-12)4-2-1-3-7(8)10/h1-4,7,11-12H,5-6,10H2. The number of aliphatic hydroxyl groups is 1. The summed E-state index contributed by atoms with van der Waals surface area (Å²) in [6.45, 7) is 0.494. The second-order valence-corrected chi connectivity index (χ2v) is 3.31. The first kappa shape index (κ1) is 9.74. The summed E-state index contributed by atoms with van der Waals surface area (Å²) in [6.07, 6.45) is 7.29. The van der Waals surface area contributed by atoms with Crippen molar-refractivity contribution in [1.82, 2.24) is 5.32 Å². The highest BCUT2D eigenvalue weighted by Gasteiger charge is 2.30. The van der Waals surface area contributed by atoms with Crippen LogP contribution in [0.5, 0.6) is 0 Å². The molecule has 0 fully saturated rings. The molecule has 12 heavy (non-hydrogen) atoms. The molecule has 0 aromatic heterocycles. The largest absolute Gasteiger partial charge is 0.395 e. The minimum atomic E-state index is -0.739. The summed E-state index contributed by atoms with van der Waals surface area (Å²) >= 11 is 6.12. The third kappa shape index (κ3) is 2.08. The maximum absolute atomic E-state index is 8.59. The van der Waals surface area contributed by atoms with Crippen molar-refractivity contribution in [2.45, 2.75) is 11.0 Å². The summed E-state index contributed by atoms with van der Waals surface area (Å²) in [7, 11) is 0. The summed E-state index contributed by atoms with van der Waals surface area (Å²) in [5.41, 5.74) is 5.74. The second kappa shape index (κ2) is 4.05. The lowest BCUT2D eigenvalue weighted by Gasteiger charge is -2.30. The monoisotopic (exact) mass is 188 g/mol. The molecule has 0 amide bonds. The summed E-state index contributed by atoms with van der Waals surface area (Å²) in [4.78, 5) is -0.739. The van der Waals surface area contributed by atoms with Gasteiger partial charge in [-0.1, -0.05) is 29.8 Å². The Hall–Kier alpha value is -0.350. The average Bonchev–Trinajstić information content (AvgIpc) is 2.07. The van der Waals surface area contributed by atoms with Gasteiger partial charge in [0.2, 0.25) is 0 Å². The molecule has 0 heterocycles. The number of halogens is 1. The van der Waals surface area contributed by atoms with Gasteiger partial charge in [0.15, 0.2) is 0 Å². The number of allylic oxidation sites excluding steroid dienone is 2. The maximum atomic E-state index is 8.59. The van der Waals surface area contributed by atoms with Gasteiger partial charge in [0.05, 0.1) is 12.6 Å². The van der Waals surface area contributed by atoms with Gasteiger partial charge in [0.25, 0.3) is 0 Å². The normalized spacial score (nSPS) is 34.1. The molecule has 4 N–H and O–H groups in total. The number of hydrogen-bond acceptors (Lipinski definition) is 3. The average molecular weight is 189 g/mol. The van der Waals surface area contributed by atoms with E-state index in [2.05, 4.69) is 5.32 Å². The third-order valence-electron chi connectivity index (χ3n) is 1.76. The van der Waals surface area contributed by atoms with E-state index in [1.54, 1.807) is 6.08 Å². The van der Waals surface area contributed by atoms with Gasteiger partial charge in [0, 0.05) is 6.54 Å². The van der Waals surface area contributed by atoms with Gasteiger partial charge in [-0.3, -0.25) is 5.32 Å². The Morgan fingerprint density at radius 2 is 2.33 bits per heavy atom.